The van der Waals surface area contributed by atoms with Crippen LogP contribution in [0.2, 0.25) is 0 Å². The zero-order valence-corrected chi connectivity index (χ0v) is 14.0. The van der Waals surface area contributed by atoms with E-state index in [1.807, 2.05) is 43.3 Å². The van der Waals surface area contributed by atoms with E-state index in [0.717, 1.165) is 16.9 Å². The number of carbonyl (C=O) groups excluding carboxylic acids is 2. The van der Waals surface area contributed by atoms with Crippen LogP contribution in [-0.4, -0.2) is 18.2 Å². The van der Waals surface area contributed by atoms with E-state index in [4.69, 9.17) is 9.47 Å². The van der Waals surface area contributed by atoms with Gasteiger partial charge in [0.1, 0.15) is 17.6 Å². The minimum absolute atomic E-state index is 0.136. The summed E-state index contributed by atoms with van der Waals surface area (Å²) in [4.78, 5) is 24.6. The summed E-state index contributed by atoms with van der Waals surface area (Å²) in [5, 5.41) is 0. The first kappa shape index (κ1) is 15.6. The maximum Gasteiger partial charge on any atom is 0.234 e. The fourth-order valence-corrected chi connectivity index (χ4v) is 3.42. The fraction of sp³-hybridized carbons (Fsp3) is 0.238. The van der Waals surface area contributed by atoms with Gasteiger partial charge < -0.3 is 9.47 Å². The Hall–Kier alpha value is -2.88. The van der Waals surface area contributed by atoms with Gasteiger partial charge in [-0.2, -0.15) is 0 Å². The van der Waals surface area contributed by atoms with E-state index in [1.165, 1.54) is 0 Å². The van der Waals surface area contributed by atoms with Crippen molar-refractivity contribution in [1.29, 1.82) is 0 Å². The Kier molecular flexibility index (Phi) is 3.88. The summed E-state index contributed by atoms with van der Waals surface area (Å²) < 4.78 is 11.7. The Labute approximate surface area is 146 Å². The quantitative estimate of drug-likeness (QED) is 0.793. The molecule has 2 aromatic carbocycles. The molecule has 0 saturated heterocycles. The Morgan fingerprint density at radius 3 is 2.44 bits per heavy atom. The van der Waals surface area contributed by atoms with Gasteiger partial charge >= 0.3 is 0 Å². The second-order valence-electron chi connectivity index (χ2n) is 6.16. The monoisotopic (exact) mass is 334 g/mol. The molecule has 4 rings (SSSR count). The SMILES string of the molecule is CCOc1ccc(C2CCC3=C(O2)c2ccccc2C(=O)C3=O)cc1. The number of ketones is 2. The maximum atomic E-state index is 12.4. The van der Waals surface area contributed by atoms with Crippen LogP contribution in [0.3, 0.4) is 0 Å². The van der Waals surface area contributed by atoms with Gasteiger partial charge in [-0.25, -0.2) is 0 Å². The average molecular weight is 334 g/mol. The van der Waals surface area contributed by atoms with Crippen molar-refractivity contribution < 1.29 is 19.1 Å². The van der Waals surface area contributed by atoms with Crippen molar-refractivity contribution in [1.82, 2.24) is 0 Å². The zero-order valence-electron chi connectivity index (χ0n) is 14.0. The number of rotatable bonds is 3. The molecule has 1 atom stereocenters. The molecule has 0 aromatic heterocycles. The van der Waals surface area contributed by atoms with Crippen LogP contribution in [0.4, 0.5) is 0 Å². The predicted molar refractivity (Wildman–Crippen MR) is 93.4 cm³/mol. The number of hydrogen-bond donors (Lipinski definition) is 0. The van der Waals surface area contributed by atoms with Gasteiger partial charge in [0.25, 0.3) is 0 Å². The van der Waals surface area contributed by atoms with Crippen LogP contribution in [0, 0.1) is 0 Å². The smallest absolute Gasteiger partial charge is 0.234 e. The minimum atomic E-state index is -0.433. The van der Waals surface area contributed by atoms with Gasteiger partial charge in [0.05, 0.1) is 6.61 Å². The molecule has 0 fully saturated rings. The van der Waals surface area contributed by atoms with Crippen LogP contribution in [0.25, 0.3) is 5.76 Å². The summed E-state index contributed by atoms with van der Waals surface area (Å²) in [6.07, 6.45) is 1.09. The Bertz CT molecular complexity index is 877. The van der Waals surface area contributed by atoms with Gasteiger partial charge in [0.2, 0.25) is 11.6 Å². The van der Waals surface area contributed by atoms with E-state index >= 15 is 0 Å². The van der Waals surface area contributed by atoms with Crippen LogP contribution in [0.5, 0.6) is 5.75 Å². The summed E-state index contributed by atoms with van der Waals surface area (Å²) >= 11 is 0. The van der Waals surface area contributed by atoms with E-state index < -0.39 is 11.6 Å². The highest BCUT2D eigenvalue weighted by atomic mass is 16.5. The van der Waals surface area contributed by atoms with Crippen LogP contribution in [-0.2, 0) is 9.53 Å². The van der Waals surface area contributed by atoms with Gasteiger partial charge in [-0.15, -0.1) is 0 Å². The van der Waals surface area contributed by atoms with Crippen molar-refractivity contribution in [3.05, 3.63) is 70.8 Å². The summed E-state index contributed by atoms with van der Waals surface area (Å²) in [5.41, 5.74) is 2.69. The summed E-state index contributed by atoms with van der Waals surface area (Å²) in [7, 11) is 0. The Morgan fingerprint density at radius 2 is 1.72 bits per heavy atom. The lowest BCUT2D eigenvalue weighted by molar-refractivity contribution is -0.112. The lowest BCUT2D eigenvalue weighted by Gasteiger charge is -2.31. The molecule has 1 aliphatic carbocycles. The summed E-state index contributed by atoms with van der Waals surface area (Å²) in [6, 6.07) is 15.0. The highest BCUT2D eigenvalue weighted by molar-refractivity contribution is 6.52. The van der Waals surface area contributed by atoms with Crippen molar-refractivity contribution in [3.63, 3.8) is 0 Å². The molecule has 126 valence electrons. The van der Waals surface area contributed by atoms with E-state index in [9.17, 15) is 9.59 Å². The van der Waals surface area contributed by atoms with Crippen LogP contribution < -0.4 is 4.74 Å². The molecule has 4 heteroatoms. The Morgan fingerprint density at radius 1 is 1.00 bits per heavy atom. The number of benzene rings is 2. The van der Waals surface area contributed by atoms with Crippen molar-refractivity contribution in [3.8, 4) is 5.75 Å². The molecule has 0 bridgehead atoms. The standard InChI is InChI=1S/C21H18O4/c1-2-24-14-9-7-13(8-10-14)18-12-11-17-20(23)19(22)15-5-3-4-6-16(15)21(17)25-18/h3-10,18H,2,11-12H2,1H3. The van der Waals surface area contributed by atoms with Crippen molar-refractivity contribution in [2.75, 3.05) is 6.61 Å². The van der Waals surface area contributed by atoms with E-state index in [0.29, 0.717) is 36.3 Å². The van der Waals surface area contributed by atoms with Gasteiger partial charge in [-0.3, -0.25) is 9.59 Å². The third-order valence-corrected chi connectivity index (χ3v) is 4.65. The average Bonchev–Trinajstić information content (AvgIpc) is 2.66. The van der Waals surface area contributed by atoms with E-state index in [-0.39, 0.29) is 6.10 Å². The normalized spacial score (nSPS) is 19.2. The zero-order chi connectivity index (χ0) is 17.4. The molecule has 0 radical (unpaired) electrons. The first-order valence-corrected chi connectivity index (χ1v) is 8.50. The van der Waals surface area contributed by atoms with Crippen LogP contribution in [0.15, 0.2) is 54.1 Å². The summed E-state index contributed by atoms with van der Waals surface area (Å²) in [6.45, 7) is 2.58. The number of carbonyl (C=O) groups is 2. The third-order valence-electron chi connectivity index (χ3n) is 4.65. The molecular formula is C21H18O4. The molecule has 25 heavy (non-hydrogen) atoms. The van der Waals surface area contributed by atoms with E-state index in [1.54, 1.807) is 12.1 Å². The largest absolute Gasteiger partial charge is 0.494 e. The predicted octanol–water partition coefficient (Wildman–Crippen LogP) is 4.11. The Balaban J connectivity index is 1.67. The van der Waals surface area contributed by atoms with Gasteiger partial charge in [-0.05, 0) is 37.5 Å². The highest BCUT2D eigenvalue weighted by Crippen LogP contribution is 2.42. The first-order chi connectivity index (χ1) is 12.2. The molecule has 0 spiro atoms. The van der Waals surface area contributed by atoms with Crippen molar-refractivity contribution in [2.24, 2.45) is 0 Å². The van der Waals surface area contributed by atoms with Crippen LogP contribution >= 0.6 is 0 Å². The number of allylic oxidation sites excluding steroid dienone is 1. The molecule has 0 saturated carbocycles. The molecule has 4 nitrogen and oxygen atoms in total. The second kappa shape index (κ2) is 6.20. The molecular weight excluding hydrogens is 316 g/mol. The summed E-state index contributed by atoms with van der Waals surface area (Å²) in [5.74, 6) is 0.521. The number of fused-ring (bicyclic) bond motifs is 2. The van der Waals surface area contributed by atoms with Crippen molar-refractivity contribution in [2.45, 2.75) is 25.9 Å². The molecule has 1 aliphatic heterocycles. The molecule has 1 heterocycles. The highest BCUT2D eigenvalue weighted by Gasteiger charge is 2.37. The van der Waals surface area contributed by atoms with Gasteiger partial charge in [0.15, 0.2) is 0 Å². The lowest BCUT2D eigenvalue weighted by atomic mass is 9.84. The van der Waals surface area contributed by atoms with Crippen LogP contribution in [0.1, 0.15) is 47.4 Å². The molecule has 0 N–H and O–H groups in total. The number of ether oxygens (including phenoxy) is 2. The van der Waals surface area contributed by atoms with Gasteiger partial charge in [0, 0.05) is 16.7 Å². The van der Waals surface area contributed by atoms with Crippen molar-refractivity contribution >= 4 is 17.3 Å². The van der Waals surface area contributed by atoms with E-state index in [2.05, 4.69) is 0 Å². The fourth-order valence-electron chi connectivity index (χ4n) is 3.42. The number of hydrogen-bond acceptors (Lipinski definition) is 4. The first-order valence-electron chi connectivity index (χ1n) is 8.50. The molecule has 2 aliphatic rings. The minimum Gasteiger partial charge on any atom is -0.494 e. The van der Waals surface area contributed by atoms with Gasteiger partial charge in [-0.1, -0.05) is 36.4 Å². The number of Topliss-reactive ketones (excluding diaryl/α,β-unsaturated/α-hetero) is 2. The second-order valence-corrected chi connectivity index (χ2v) is 6.16. The lowest BCUT2D eigenvalue weighted by Crippen LogP contribution is -2.28. The third kappa shape index (κ3) is 2.64. The molecule has 0 amide bonds. The topological polar surface area (TPSA) is 52.6 Å². The maximum absolute atomic E-state index is 12.4. The molecule has 2 aromatic rings. The molecule has 1 unspecified atom stereocenters.